The van der Waals surface area contributed by atoms with Gasteiger partial charge in [-0.15, -0.1) is 0 Å². The van der Waals surface area contributed by atoms with Gasteiger partial charge in [-0.2, -0.15) is 0 Å². The average molecular weight is 268 g/mol. The van der Waals surface area contributed by atoms with Gasteiger partial charge in [0.15, 0.2) is 6.04 Å². The average Bonchev–Trinajstić information content (AvgIpc) is 2.34. The standard InChI is InChI=1S/C11H12N2O6/c1-6-2-3-9(13(18)19)7(4-6)10(15)12-8(5-14)11(16)17/h2-4,8,14H,5H2,1H3,(H,12,15)(H,16,17). The minimum atomic E-state index is -1.51. The number of hydrogen-bond acceptors (Lipinski definition) is 5. The first-order chi connectivity index (χ1) is 8.86. The molecule has 0 bridgehead atoms. The lowest BCUT2D eigenvalue weighted by Gasteiger charge is -2.11. The molecule has 8 heteroatoms. The SMILES string of the molecule is Cc1ccc([N+](=O)[O-])c(C(=O)NC(CO)C(=O)O)c1. The molecule has 3 N–H and O–H groups in total. The highest BCUT2D eigenvalue weighted by Crippen LogP contribution is 2.19. The molecule has 0 fully saturated rings. The third kappa shape index (κ3) is 3.49. The first kappa shape index (κ1) is 14.6. The van der Waals surface area contributed by atoms with Gasteiger partial charge >= 0.3 is 5.97 Å². The predicted octanol–water partition coefficient (Wildman–Crippen LogP) is 0.0785. The molecule has 1 aromatic carbocycles. The van der Waals surface area contributed by atoms with E-state index in [0.29, 0.717) is 5.56 Å². The van der Waals surface area contributed by atoms with E-state index in [9.17, 15) is 19.7 Å². The summed E-state index contributed by atoms with van der Waals surface area (Å²) >= 11 is 0. The number of nitrogens with one attached hydrogen (secondary N) is 1. The summed E-state index contributed by atoms with van der Waals surface area (Å²) in [5.41, 5.74) is -0.0542. The van der Waals surface area contributed by atoms with Crippen LogP contribution in [0.5, 0.6) is 0 Å². The van der Waals surface area contributed by atoms with Crippen molar-refractivity contribution in [1.82, 2.24) is 5.32 Å². The second-order valence-electron chi connectivity index (χ2n) is 3.82. The van der Waals surface area contributed by atoms with Gasteiger partial charge < -0.3 is 15.5 Å². The molecule has 1 amide bonds. The molecule has 102 valence electrons. The van der Waals surface area contributed by atoms with Crippen LogP contribution in [0, 0.1) is 17.0 Å². The molecule has 8 nitrogen and oxygen atoms in total. The molecular formula is C11H12N2O6. The van der Waals surface area contributed by atoms with Crippen molar-refractivity contribution in [3.8, 4) is 0 Å². The molecule has 0 aliphatic heterocycles. The monoisotopic (exact) mass is 268 g/mol. The Labute approximate surface area is 107 Å². The quantitative estimate of drug-likeness (QED) is 0.512. The second kappa shape index (κ2) is 5.91. The van der Waals surface area contributed by atoms with Crippen molar-refractivity contribution in [3.63, 3.8) is 0 Å². The third-order valence-corrected chi connectivity index (χ3v) is 2.38. The number of nitrogens with zero attached hydrogens (tertiary/aromatic N) is 1. The summed E-state index contributed by atoms with van der Waals surface area (Å²) in [4.78, 5) is 32.5. The third-order valence-electron chi connectivity index (χ3n) is 2.38. The molecule has 0 spiro atoms. The van der Waals surface area contributed by atoms with Gasteiger partial charge in [0.2, 0.25) is 0 Å². The van der Waals surface area contributed by atoms with Crippen molar-refractivity contribution in [2.45, 2.75) is 13.0 Å². The number of benzene rings is 1. The van der Waals surface area contributed by atoms with E-state index in [1.54, 1.807) is 6.92 Å². The number of amides is 1. The Balaban J connectivity index is 3.08. The molecule has 0 aromatic heterocycles. The number of rotatable bonds is 5. The van der Waals surface area contributed by atoms with Gasteiger partial charge in [-0.05, 0) is 18.6 Å². The smallest absolute Gasteiger partial charge is 0.328 e. The van der Waals surface area contributed by atoms with E-state index >= 15 is 0 Å². The molecular weight excluding hydrogens is 256 g/mol. The zero-order chi connectivity index (χ0) is 14.6. The number of carbonyl (C=O) groups excluding carboxylic acids is 1. The lowest BCUT2D eigenvalue weighted by atomic mass is 10.1. The van der Waals surface area contributed by atoms with Crippen LogP contribution >= 0.6 is 0 Å². The molecule has 0 saturated heterocycles. The number of aliphatic hydroxyl groups is 1. The Morgan fingerprint density at radius 1 is 1.47 bits per heavy atom. The van der Waals surface area contributed by atoms with Crippen molar-refractivity contribution in [3.05, 3.63) is 39.4 Å². The van der Waals surface area contributed by atoms with Gasteiger partial charge in [0, 0.05) is 6.07 Å². The molecule has 1 aromatic rings. The maximum Gasteiger partial charge on any atom is 0.328 e. The van der Waals surface area contributed by atoms with E-state index in [2.05, 4.69) is 0 Å². The van der Waals surface area contributed by atoms with E-state index in [-0.39, 0.29) is 5.56 Å². The van der Waals surface area contributed by atoms with Crippen molar-refractivity contribution >= 4 is 17.6 Å². The Kier molecular flexibility index (Phi) is 4.54. The van der Waals surface area contributed by atoms with Crippen molar-refractivity contribution in [2.24, 2.45) is 0 Å². The van der Waals surface area contributed by atoms with Gasteiger partial charge in [-0.1, -0.05) is 6.07 Å². The Morgan fingerprint density at radius 2 is 2.11 bits per heavy atom. The molecule has 0 saturated carbocycles. The topological polar surface area (TPSA) is 130 Å². The summed E-state index contributed by atoms with van der Waals surface area (Å²) in [5, 5.41) is 30.3. The van der Waals surface area contributed by atoms with E-state index in [1.807, 2.05) is 5.32 Å². The molecule has 0 radical (unpaired) electrons. The Bertz CT molecular complexity index is 528. The first-order valence-corrected chi connectivity index (χ1v) is 5.26. The lowest BCUT2D eigenvalue weighted by Crippen LogP contribution is -2.43. The summed E-state index contributed by atoms with van der Waals surface area (Å²) in [6.45, 7) is 0.835. The van der Waals surface area contributed by atoms with Crippen molar-refractivity contribution in [1.29, 1.82) is 0 Å². The summed E-state index contributed by atoms with van der Waals surface area (Å²) < 4.78 is 0. The number of hydrogen-bond donors (Lipinski definition) is 3. The van der Waals surface area contributed by atoms with Gasteiger partial charge in [-0.25, -0.2) is 4.79 Å². The number of carboxylic acids is 1. The minimum absolute atomic E-state index is 0.246. The number of carbonyl (C=O) groups is 2. The van der Waals surface area contributed by atoms with Crippen LogP contribution in [0.3, 0.4) is 0 Å². The van der Waals surface area contributed by atoms with E-state index in [0.717, 1.165) is 0 Å². The number of nitro groups is 1. The van der Waals surface area contributed by atoms with Crippen molar-refractivity contribution in [2.75, 3.05) is 6.61 Å². The Hall–Kier alpha value is -2.48. The molecule has 1 rings (SSSR count). The maximum atomic E-state index is 11.8. The summed E-state index contributed by atoms with van der Waals surface area (Å²) in [7, 11) is 0. The fourth-order valence-corrected chi connectivity index (χ4v) is 1.41. The predicted molar refractivity (Wildman–Crippen MR) is 63.8 cm³/mol. The number of aliphatic hydroxyl groups excluding tert-OH is 1. The van der Waals surface area contributed by atoms with Crippen LogP contribution < -0.4 is 5.32 Å². The van der Waals surface area contributed by atoms with E-state index in [4.69, 9.17) is 10.2 Å². The molecule has 19 heavy (non-hydrogen) atoms. The lowest BCUT2D eigenvalue weighted by molar-refractivity contribution is -0.385. The van der Waals surface area contributed by atoms with E-state index < -0.39 is 35.1 Å². The highest BCUT2D eigenvalue weighted by Gasteiger charge is 2.25. The number of carboxylic acid groups (broad SMARTS) is 1. The maximum absolute atomic E-state index is 11.8. The zero-order valence-electron chi connectivity index (χ0n) is 9.99. The summed E-state index contributed by atoms with van der Waals surface area (Å²) in [5.74, 6) is -2.34. The van der Waals surface area contributed by atoms with Gasteiger partial charge in [0.05, 0.1) is 11.5 Å². The van der Waals surface area contributed by atoms with Crippen LogP contribution in [0.25, 0.3) is 0 Å². The van der Waals surface area contributed by atoms with Crippen LogP contribution in [-0.4, -0.2) is 39.7 Å². The fourth-order valence-electron chi connectivity index (χ4n) is 1.41. The number of aryl methyl sites for hydroxylation is 1. The fraction of sp³-hybridized carbons (Fsp3) is 0.273. The highest BCUT2D eigenvalue weighted by atomic mass is 16.6. The molecule has 0 aliphatic carbocycles. The summed E-state index contributed by atoms with van der Waals surface area (Å²) in [6.07, 6.45) is 0. The summed E-state index contributed by atoms with van der Waals surface area (Å²) in [6, 6.07) is 2.41. The van der Waals surface area contributed by atoms with Gasteiger partial charge in [-0.3, -0.25) is 14.9 Å². The van der Waals surface area contributed by atoms with Crippen LogP contribution in [-0.2, 0) is 4.79 Å². The zero-order valence-corrected chi connectivity index (χ0v) is 9.99. The van der Waals surface area contributed by atoms with Crippen LogP contribution in [0.1, 0.15) is 15.9 Å². The number of nitro benzene ring substituents is 1. The van der Waals surface area contributed by atoms with E-state index in [1.165, 1.54) is 18.2 Å². The van der Waals surface area contributed by atoms with Crippen LogP contribution in [0.4, 0.5) is 5.69 Å². The largest absolute Gasteiger partial charge is 0.480 e. The highest BCUT2D eigenvalue weighted by molar-refractivity contribution is 6.00. The second-order valence-corrected chi connectivity index (χ2v) is 3.82. The number of aliphatic carboxylic acids is 1. The van der Waals surface area contributed by atoms with Gasteiger partial charge in [0.1, 0.15) is 5.56 Å². The Morgan fingerprint density at radius 3 is 2.58 bits per heavy atom. The minimum Gasteiger partial charge on any atom is -0.480 e. The molecule has 0 aliphatic rings. The molecule has 1 atom stereocenters. The molecule has 1 unspecified atom stereocenters. The normalized spacial score (nSPS) is 11.7. The molecule has 0 heterocycles. The van der Waals surface area contributed by atoms with Crippen LogP contribution in [0.2, 0.25) is 0 Å². The van der Waals surface area contributed by atoms with Crippen LogP contribution in [0.15, 0.2) is 18.2 Å². The van der Waals surface area contributed by atoms with Crippen molar-refractivity contribution < 1.29 is 24.7 Å². The van der Waals surface area contributed by atoms with Gasteiger partial charge in [0.25, 0.3) is 11.6 Å². The first-order valence-electron chi connectivity index (χ1n) is 5.26.